The van der Waals surface area contributed by atoms with Crippen LogP contribution in [0.1, 0.15) is 32.3 Å². The van der Waals surface area contributed by atoms with Crippen molar-refractivity contribution in [2.75, 3.05) is 18.5 Å². The number of amides is 2. The van der Waals surface area contributed by atoms with Gasteiger partial charge in [0.15, 0.2) is 0 Å². The van der Waals surface area contributed by atoms with E-state index in [2.05, 4.69) is 24.5 Å². The lowest BCUT2D eigenvalue weighted by molar-refractivity contribution is 0.227. The number of aliphatic hydroxyl groups excluding tert-OH is 1. The minimum Gasteiger partial charge on any atom is -0.396 e. The molecule has 0 atom stereocenters. The first-order chi connectivity index (χ1) is 8.93. The number of aliphatic hydroxyl groups is 1. The maximum Gasteiger partial charge on any atom is 0.319 e. The van der Waals surface area contributed by atoms with Gasteiger partial charge in [0.25, 0.3) is 0 Å². The molecule has 4 nitrogen and oxygen atoms in total. The van der Waals surface area contributed by atoms with E-state index in [1.165, 1.54) is 0 Å². The Balaban J connectivity index is 2.37. The van der Waals surface area contributed by atoms with Crippen LogP contribution in [0.4, 0.5) is 10.5 Å². The summed E-state index contributed by atoms with van der Waals surface area (Å²) in [5.41, 5.74) is 1.94. The molecule has 1 aromatic rings. The molecule has 2 amide bonds. The summed E-state index contributed by atoms with van der Waals surface area (Å²) in [4.78, 5) is 11.7. The van der Waals surface area contributed by atoms with Gasteiger partial charge in [0.05, 0.1) is 0 Å². The van der Waals surface area contributed by atoms with Crippen molar-refractivity contribution in [1.29, 1.82) is 0 Å². The number of nitrogens with one attached hydrogen (secondary N) is 2. The maximum absolute atomic E-state index is 11.7. The largest absolute Gasteiger partial charge is 0.396 e. The monoisotopic (exact) mass is 264 g/mol. The Morgan fingerprint density at radius 2 is 1.89 bits per heavy atom. The predicted octanol–water partition coefficient (Wildman–Crippen LogP) is 2.92. The van der Waals surface area contributed by atoms with Gasteiger partial charge in [0.2, 0.25) is 0 Å². The Labute approximate surface area is 115 Å². The second-order valence-electron chi connectivity index (χ2n) is 5.67. The molecule has 0 aliphatic heterocycles. The number of carbonyl (C=O) groups is 1. The second-order valence-corrected chi connectivity index (χ2v) is 5.67. The standard InChI is InChI=1S/C15H24N2O2/c1-12-5-7-13(8-6-12)17-14(19)16-11-15(2,3)9-4-10-18/h5-8,18H,4,9-11H2,1-3H3,(H2,16,17,19). The Bertz CT molecular complexity index is 399. The zero-order valence-electron chi connectivity index (χ0n) is 12.0. The highest BCUT2D eigenvalue weighted by Gasteiger charge is 2.18. The predicted molar refractivity (Wildman–Crippen MR) is 78.3 cm³/mol. The first-order valence-electron chi connectivity index (χ1n) is 6.65. The van der Waals surface area contributed by atoms with E-state index in [0.29, 0.717) is 6.54 Å². The highest BCUT2D eigenvalue weighted by molar-refractivity contribution is 5.89. The molecule has 0 radical (unpaired) electrons. The number of hydrogen-bond donors (Lipinski definition) is 3. The average molecular weight is 264 g/mol. The van der Waals surface area contributed by atoms with Crippen LogP contribution in [0.25, 0.3) is 0 Å². The van der Waals surface area contributed by atoms with Crippen molar-refractivity contribution in [3.05, 3.63) is 29.8 Å². The third-order valence-corrected chi connectivity index (χ3v) is 3.05. The van der Waals surface area contributed by atoms with Crippen molar-refractivity contribution < 1.29 is 9.90 Å². The molecule has 0 unspecified atom stereocenters. The van der Waals surface area contributed by atoms with E-state index in [1.807, 2.05) is 31.2 Å². The molecule has 0 aliphatic rings. The van der Waals surface area contributed by atoms with Gasteiger partial charge in [-0.2, -0.15) is 0 Å². The van der Waals surface area contributed by atoms with Gasteiger partial charge in [0, 0.05) is 18.8 Å². The van der Waals surface area contributed by atoms with Gasteiger partial charge in [-0.05, 0) is 37.3 Å². The first kappa shape index (κ1) is 15.5. The number of aryl methyl sites for hydroxylation is 1. The highest BCUT2D eigenvalue weighted by atomic mass is 16.2. The number of urea groups is 1. The van der Waals surface area contributed by atoms with Crippen LogP contribution in [0.3, 0.4) is 0 Å². The van der Waals surface area contributed by atoms with Gasteiger partial charge < -0.3 is 15.7 Å². The molecule has 0 saturated carbocycles. The van der Waals surface area contributed by atoms with Crippen molar-refractivity contribution in [2.24, 2.45) is 5.41 Å². The van der Waals surface area contributed by atoms with Crippen LogP contribution >= 0.6 is 0 Å². The molecule has 4 heteroatoms. The van der Waals surface area contributed by atoms with Crippen molar-refractivity contribution in [2.45, 2.75) is 33.6 Å². The van der Waals surface area contributed by atoms with Crippen LogP contribution in [-0.4, -0.2) is 24.3 Å². The van der Waals surface area contributed by atoms with E-state index in [-0.39, 0.29) is 18.1 Å². The van der Waals surface area contributed by atoms with Gasteiger partial charge in [-0.3, -0.25) is 0 Å². The molecule has 0 bridgehead atoms. The fourth-order valence-corrected chi connectivity index (χ4v) is 1.78. The van der Waals surface area contributed by atoms with E-state index in [9.17, 15) is 4.79 Å². The summed E-state index contributed by atoms with van der Waals surface area (Å²) < 4.78 is 0. The van der Waals surface area contributed by atoms with Gasteiger partial charge in [-0.25, -0.2) is 4.79 Å². The Morgan fingerprint density at radius 3 is 2.47 bits per heavy atom. The van der Waals surface area contributed by atoms with Crippen LogP contribution in [0.2, 0.25) is 0 Å². The molecule has 3 N–H and O–H groups in total. The fourth-order valence-electron chi connectivity index (χ4n) is 1.78. The second kappa shape index (κ2) is 7.14. The molecule has 0 spiro atoms. The van der Waals surface area contributed by atoms with Crippen LogP contribution in [-0.2, 0) is 0 Å². The van der Waals surface area contributed by atoms with Crippen molar-refractivity contribution in [3.63, 3.8) is 0 Å². The summed E-state index contributed by atoms with van der Waals surface area (Å²) in [6.45, 7) is 6.95. The molecule has 0 fully saturated rings. The van der Waals surface area contributed by atoms with E-state index in [1.54, 1.807) is 0 Å². The fraction of sp³-hybridized carbons (Fsp3) is 0.533. The van der Waals surface area contributed by atoms with E-state index in [0.717, 1.165) is 24.1 Å². The molecular weight excluding hydrogens is 240 g/mol. The molecule has 0 aliphatic carbocycles. The summed E-state index contributed by atoms with van der Waals surface area (Å²) in [6.07, 6.45) is 1.64. The first-order valence-corrected chi connectivity index (χ1v) is 6.65. The van der Waals surface area contributed by atoms with E-state index >= 15 is 0 Å². The van der Waals surface area contributed by atoms with Crippen LogP contribution in [0.15, 0.2) is 24.3 Å². The average Bonchev–Trinajstić information content (AvgIpc) is 2.37. The normalized spacial score (nSPS) is 11.2. The number of hydrogen-bond acceptors (Lipinski definition) is 2. The minimum atomic E-state index is -0.194. The van der Waals surface area contributed by atoms with Crippen molar-refractivity contribution >= 4 is 11.7 Å². The molecule has 1 aromatic carbocycles. The summed E-state index contributed by atoms with van der Waals surface area (Å²) in [5, 5.41) is 14.5. The molecular formula is C15H24N2O2. The summed E-state index contributed by atoms with van der Waals surface area (Å²) in [7, 11) is 0. The highest BCUT2D eigenvalue weighted by Crippen LogP contribution is 2.20. The lowest BCUT2D eigenvalue weighted by atomic mass is 9.88. The van der Waals surface area contributed by atoms with Crippen LogP contribution in [0.5, 0.6) is 0 Å². The maximum atomic E-state index is 11.7. The third kappa shape index (κ3) is 6.25. The Hall–Kier alpha value is -1.55. The number of anilines is 1. The zero-order valence-corrected chi connectivity index (χ0v) is 12.0. The minimum absolute atomic E-state index is 0.00660. The van der Waals surface area contributed by atoms with Gasteiger partial charge in [-0.1, -0.05) is 31.5 Å². The smallest absolute Gasteiger partial charge is 0.319 e. The lowest BCUT2D eigenvalue weighted by Gasteiger charge is -2.24. The molecule has 106 valence electrons. The van der Waals surface area contributed by atoms with E-state index in [4.69, 9.17) is 5.11 Å². The molecule has 19 heavy (non-hydrogen) atoms. The number of rotatable bonds is 6. The number of carbonyl (C=O) groups excluding carboxylic acids is 1. The van der Waals surface area contributed by atoms with Gasteiger partial charge >= 0.3 is 6.03 Å². The lowest BCUT2D eigenvalue weighted by Crippen LogP contribution is -2.36. The van der Waals surface area contributed by atoms with Gasteiger partial charge in [-0.15, -0.1) is 0 Å². The van der Waals surface area contributed by atoms with Gasteiger partial charge in [0.1, 0.15) is 0 Å². The molecule has 1 rings (SSSR count). The summed E-state index contributed by atoms with van der Waals surface area (Å²) >= 11 is 0. The topological polar surface area (TPSA) is 61.4 Å². The summed E-state index contributed by atoms with van der Waals surface area (Å²) in [5.74, 6) is 0. The summed E-state index contributed by atoms with van der Waals surface area (Å²) in [6, 6.07) is 7.49. The Morgan fingerprint density at radius 1 is 1.26 bits per heavy atom. The zero-order chi connectivity index (χ0) is 14.3. The van der Waals surface area contributed by atoms with E-state index < -0.39 is 0 Å². The SMILES string of the molecule is Cc1ccc(NC(=O)NCC(C)(C)CCCO)cc1. The molecule has 0 aromatic heterocycles. The van der Waals surface area contributed by atoms with Crippen molar-refractivity contribution in [1.82, 2.24) is 5.32 Å². The van der Waals surface area contributed by atoms with Crippen LogP contribution < -0.4 is 10.6 Å². The van der Waals surface area contributed by atoms with Crippen LogP contribution in [0, 0.1) is 12.3 Å². The molecule has 0 saturated heterocycles. The number of benzene rings is 1. The van der Waals surface area contributed by atoms with Crippen molar-refractivity contribution in [3.8, 4) is 0 Å². The molecule has 0 heterocycles. The third-order valence-electron chi connectivity index (χ3n) is 3.05. The Kier molecular flexibility index (Phi) is 5.83. The quantitative estimate of drug-likeness (QED) is 0.740.